The molecule has 1 aliphatic rings. The summed E-state index contributed by atoms with van der Waals surface area (Å²) in [6.07, 6.45) is -0.910. The lowest BCUT2D eigenvalue weighted by atomic mass is 9.98. The first-order valence-electron chi connectivity index (χ1n) is 13.6. The number of aromatic nitrogens is 1. The monoisotopic (exact) mass is 585 g/mol. The van der Waals surface area contributed by atoms with Crippen LogP contribution in [0.5, 0.6) is 0 Å². The number of benzene rings is 3. The van der Waals surface area contributed by atoms with Gasteiger partial charge in [0, 0.05) is 24.3 Å². The number of aliphatic carboxylic acids is 1. The first-order chi connectivity index (χ1) is 20.4. The summed E-state index contributed by atoms with van der Waals surface area (Å²) in [6.45, 7) is 2.32. The zero-order valence-corrected chi connectivity index (χ0v) is 23.8. The normalized spacial score (nSPS) is 13.5. The molecule has 0 spiro atoms. The molecular formula is C32H31N3O6S. The van der Waals surface area contributed by atoms with Crippen LogP contribution >= 0.6 is 11.3 Å². The van der Waals surface area contributed by atoms with Gasteiger partial charge in [0.25, 0.3) is 5.91 Å². The molecule has 2 amide bonds. The predicted octanol–water partition coefficient (Wildman–Crippen LogP) is 5.01. The number of nitrogens with one attached hydrogen (secondary N) is 2. The van der Waals surface area contributed by atoms with E-state index in [1.165, 1.54) is 11.3 Å². The van der Waals surface area contributed by atoms with E-state index in [0.29, 0.717) is 11.4 Å². The van der Waals surface area contributed by atoms with Crippen LogP contribution in [0.25, 0.3) is 11.1 Å². The van der Waals surface area contributed by atoms with Crippen molar-refractivity contribution in [2.45, 2.75) is 38.0 Å². The van der Waals surface area contributed by atoms with Crippen LogP contribution in [-0.4, -0.2) is 53.4 Å². The number of fused-ring (bicyclic) bond motifs is 3. The fraction of sp³-hybridized carbons (Fsp3) is 0.250. The molecule has 0 saturated carbocycles. The molecule has 0 radical (unpaired) electrons. The Morgan fingerprint density at radius 3 is 2.26 bits per heavy atom. The van der Waals surface area contributed by atoms with Gasteiger partial charge in [-0.25, -0.2) is 14.6 Å². The maximum Gasteiger partial charge on any atom is 0.407 e. The van der Waals surface area contributed by atoms with E-state index in [1.807, 2.05) is 54.6 Å². The molecule has 1 aliphatic carbocycles. The number of thiazole rings is 1. The van der Waals surface area contributed by atoms with Crippen LogP contribution in [0.3, 0.4) is 0 Å². The number of rotatable bonds is 12. The molecule has 216 valence electrons. The molecule has 0 saturated heterocycles. The third-order valence-corrected chi connectivity index (χ3v) is 8.02. The van der Waals surface area contributed by atoms with E-state index < -0.39 is 30.1 Å². The number of nitrogens with zero attached hydrogens (tertiary/aromatic N) is 1. The van der Waals surface area contributed by atoms with Crippen molar-refractivity contribution in [3.8, 4) is 11.1 Å². The van der Waals surface area contributed by atoms with Gasteiger partial charge in [-0.1, -0.05) is 78.9 Å². The minimum absolute atomic E-state index is 0.0238. The standard InChI is InChI=1S/C32H31N3O6S/c1-20(40-17-21-9-3-2-4-10-21)29(31(37)38)35-30(36)27-19-42-28(34-27)15-16-33-32(39)41-18-26-24-13-7-5-11-22(24)23-12-6-8-14-25(23)26/h2-14,19-20,26,29H,15-18H2,1H3,(H,33,39)(H,35,36)(H,37,38)/t20-,29+/m0/s1. The van der Waals surface area contributed by atoms with E-state index in [4.69, 9.17) is 9.47 Å². The number of hydrogen-bond acceptors (Lipinski definition) is 7. The average molecular weight is 586 g/mol. The average Bonchev–Trinajstić information content (AvgIpc) is 3.61. The van der Waals surface area contributed by atoms with E-state index in [0.717, 1.165) is 27.8 Å². The fourth-order valence-corrected chi connectivity index (χ4v) is 5.72. The number of amides is 2. The Kier molecular flexibility index (Phi) is 9.25. The van der Waals surface area contributed by atoms with Crippen molar-refractivity contribution in [3.05, 3.63) is 112 Å². The zero-order chi connectivity index (χ0) is 29.5. The molecule has 3 N–H and O–H groups in total. The molecule has 3 aromatic carbocycles. The van der Waals surface area contributed by atoms with Gasteiger partial charge in [-0.05, 0) is 34.7 Å². The van der Waals surface area contributed by atoms with Crippen molar-refractivity contribution < 1.29 is 29.0 Å². The van der Waals surface area contributed by atoms with Gasteiger partial charge in [-0.15, -0.1) is 11.3 Å². The number of alkyl carbamates (subject to hydrolysis) is 1. The van der Waals surface area contributed by atoms with Gasteiger partial charge in [-0.2, -0.15) is 0 Å². The van der Waals surface area contributed by atoms with Gasteiger partial charge in [0.1, 0.15) is 12.3 Å². The summed E-state index contributed by atoms with van der Waals surface area (Å²) < 4.78 is 11.2. The van der Waals surface area contributed by atoms with Crippen LogP contribution in [0.15, 0.2) is 84.2 Å². The van der Waals surface area contributed by atoms with Crippen LogP contribution in [0, 0.1) is 0 Å². The Morgan fingerprint density at radius 2 is 1.60 bits per heavy atom. The highest BCUT2D eigenvalue weighted by Crippen LogP contribution is 2.44. The summed E-state index contributed by atoms with van der Waals surface area (Å²) in [5, 5.41) is 17.1. The Labute approximate surface area is 247 Å². The largest absolute Gasteiger partial charge is 0.480 e. The van der Waals surface area contributed by atoms with E-state index in [1.54, 1.807) is 12.3 Å². The summed E-state index contributed by atoms with van der Waals surface area (Å²) in [4.78, 5) is 41.3. The fourth-order valence-electron chi connectivity index (χ4n) is 4.94. The number of hydrogen-bond donors (Lipinski definition) is 3. The Morgan fingerprint density at radius 1 is 0.952 bits per heavy atom. The SMILES string of the molecule is C[C@H](OCc1ccccc1)[C@@H](NC(=O)c1csc(CCNC(=O)OCC2c3ccccc3-c3ccccc32)n1)C(=O)O. The number of carbonyl (C=O) groups excluding carboxylic acids is 2. The molecule has 0 aliphatic heterocycles. The summed E-state index contributed by atoms with van der Waals surface area (Å²) in [7, 11) is 0. The highest BCUT2D eigenvalue weighted by molar-refractivity contribution is 7.09. The van der Waals surface area contributed by atoms with Crippen molar-refractivity contribution in [1.29, 1.82) is 0 Å². The Bertz CT molecular complexity index is 1510. The van der Waals surface area contributed by atoms with Crippen LogP contribution < -0.4 is 10.6 Å². The first kappa shape index (κ1) is 29.0. The Balaban J connectivity index is 1.08. The second-order valence-electron chi connectivity index (χ2n) is 9.92. The minimum atomic E-state index is -1.25. The molecule has 0 fully saturated rings. The molecule has 0 bridgehead atoms. The van der Waals surface area contributed by atoms with Gasteiger partial charge < -0.3 is 25.2 Å². The first-order valence-corrected chi connectivity index (χ1v) is 14.5. The lowest BCUT2D eigenvalue weighted by molar-refractivity contribution is -0.143. The van der Waals surface area contributed by atoms with E-state index >= 15 is 0 Å². The lowest BCUT2D eigenvalue weighted by Gasteiger charge is -2.21. The van der Waals surface area contributed by atoms with E-state index in [2.05, 4.69) is 39.9 Å². The summed E-state index contributed by atoms with van der Waals surface area (Å²) >= 11 is 1.26. The molecule has 5 rings (SSSR count). The van der Waals surface area contributed by atoms with Crippen LogP contribution in [0.2, 0.25) is 0 Å². The van der Waals surface area contributed by atoms with Crippen LogP contribution in [0.4, 0.5) is 4.79 Å². The third-order valence-electron chi connectivity index (χ3n) is 7.11. The summed E-state index contributed by atoms with van der Waals surface area (Å²) in [6, 6.07) is 24.4. The smallest absolute Gasteiger partial charge is 0.407 e. The lowest BCUT2D eigenvalue weighted by Crippen LogP contribution is -2.48. The number of ether oxygens (including phenoxy) is 2. The molecular weight excluding hydrogens is 554 g/mol. The molecule has 9 nitrogen and oxygen atoms in total. The van der Waals surface area contributed by atoms with E-state index in [-0.39, 0.29) is 31.4 Å². The minimum Gasteiger partial charge on any atom is -0.480 e. The summed E-state index contributed by atoms with van der Waals surface area (Å²) in [5.74, 6) is -1.83. The molecule has 10 heteroatoms. The van der Waals surface area contributed by atoms with Crippen molar-refractivity contribution in [1.82, 2.24) is 15.6 Å². The zero-order valence-electron chi connectivity index (χ0n) is 23.0. The number of carboxylic acids is 1. The molecule has 4 aromatic rings. The maximum absolute atomic E-state index is 12.7. The van der Waals surface area contributed by atoms with Gasteiger partial charge in [0.2, 0.25) is 0 Å². The van der Waals surface area contributed by atoms with E-state index in [9.17, 15) is 19.5 Å². The van der Waals surface area contributed by atoms with Crippen molar-refractivity contribution in [2.24, 2.45) is 0 Å². The van der Waals surface area contributed by atoms with Gasteiger partial charge in [0.15, 0.2) is 6.04 Å². The van der Waals surface area contributed by atoms with Crippen molar-refractivity contribution >= 4 is 29.3 Å². The molecule has 2 atom stereocenters. The second-order valence-corrected chi connectivity index (χ2v) is 10.9. The molecule has 0 unspecified atom stereocenters. The molecule has 42 heavy (non-hydrogen) atoms. The highest BCUT2D eigenvalue weighted by Gasteiger charge is 2.30. The quantitative estimate of drug-likeness (QED) is 0.213. The maximum atomic E-state index is 12.7. The predicted molar refractivity (Wildman–Crippen MR) is 158 cm³/mol. The van der Waals surface area contributed by atoms with Crippen LogP contribution in [-0.2, 0) is 27.3 Å². The molecule has 1 aromatic heterocycles. The van der Waals surface area contributed by atoms with Gasteiger partial charge >= 0.3 is 12.1 Å². The third kappa shape index (κ3) is 6.84. The second kappa shape index (κ2) is 13.4. The number of carboxylic acid groups (broad SMARTS) is 1. The summed E-state index contributed by atoms with van der Waals surface area (Å²) in [5.41, 5.74) is 5.61. The topological polar surface area (TPSA) is 127 Å². The van der Waals surface area contributed by atoms with Gasteiger partial charge in [-0.3, -0.25) is 4.79 Å². The Hall–Kier alpha value is -4.54. The van der Waals surface area contributed by atoms with Crippen molar-refractivity contribution in [2.75, 3.05) is 13.2 Å². The van der Waals surface area contributed by atoms with Gasteiger partial charge in [0.05, 0.1) is 17.7 Å². The molecule has 1 heterocycles. The number of carbonyl (C=O) groups is 3. The highest BCUT2D eigenvalue weighted by atomic mass is 32.1. The van der Waals surface area contributed by atoms with Crippen molar-refractivity contribution in [3.63, 3.8) is 0 Å². The van der Waals surface area contributed by atoms with Crippen LogP contribution in [0.1, 0.15) is 45.0 Å².